The number of hydrogen-bond acceptors (Lipinski definition) is 5. The zero-order chi connectivity index (χ0) is 21.1. The molecule has 0 saturated carbocycles. The van der Waals surface area contributed by atoms with Gasteiger partial charge in [0.05, 0.1) is 19.8 Å². The van der Waals surface area contributed by atoms with Crippen molar-refractivity contribution in [2.24, 2.45) is 0 Å². The van der Waals surface area contributed by atoms with Gasteiger partial charge in [-0.2, -0.15) is 0 Å². The number of fused-ring (bicyclic) bond motifs is 2. The van der Waals surface area contributed by atoms with Crippen LogP contribution in [0.15, 0.2) is 91.0 Å². The first-order valence-corrected chi connectivity index (χ1v) is 10.6. The van der Waals surface area contributed by atoms with E-state index < -0.39 is 30.2 Å². The quantitative estimate of drug-likeness (QED) is 0.633. The van der Waals surface area contributed by atoms with E-state index in [1.165, 1.54) is 0 Å². The zero-order valence-corrected chi connectivity index (χ0v) is 17.2. The number of rotatable bonds is 7. The van der Waals surface area contributed by atoms with Crippen LogP contribution in [0, 0.1) is 0 Å². The summed E-state index contributed by atoms with van der Waals surface area (Å²) in [4.78, 5) is 0. The minimum absolute atomic E-state index is 0.284. The maximum atomic E-state index is 12.0. The van der Waals surface area contributed by atoms with Crippen LogP contribution in [0.5, 0.6) is 0 Å². The van der Waals surface area contributed by atoms with Crippen molar-refractivity contribution >= 4 is 0 Å². The van der Waals surface area contributed by atoms with Gasteiger partial charge in [0.15, 0.2) is 6.29 Å². The van der Waals surface area contributed by atoms with Gasteiger partial charge in [-0.15, -0.1) is 0 Å². The predicted octanol–water partition coefficient (Wildman–Crippen LogP) is 3.80. The van der Waals surface area contributed by atoms with Gasteiger partial charge in [0.1, 0.15) is 23.9 Å². The molecule has 0 spiro atoms. The van der Waals surface area contributed by atoms with Gasteiger partial charge >= 0.3 is 0 Å². The van der Waals surface area contributed by atoms with Crippen molar-refractivity contribution in [3.63, 3.8) is 0 Å². The highest BCUT2D eigenvalue weighted by molar-refractivity contribution is 5.28. The Morgan fingerprint density at radius 2 is 1.32 bits per heavy atom. The lowest BCUT2D eigenvalue weighted by Gasteiger charge is -2.46. The SMILES string of the molecule is O[C@]1(c2ccccc2)[C@H](OCc2ccccc2)[C@@H](OCc2ccccc2)[C@@H]2OC[C@H]1O2. The highest BCUT2D eigenvalue weighted by atomic mass is 16.8. The molecule has 0 unspecified atom stereocenters. The van der Waals surface area contributed by atoms with E-state index in [0.29, 0.717) is 13.2 Å². The van der Waals surface area contributed by atoms with Crippen molar-refractivity contribution < 1.29 is 24.1 Å². The molecule has 0 radical (unpaired) electrons. The molecule has 5 rings (SSSR count). The third-order valence-electron chi connectivity index (χ3n) is 6.00. The van der Waals surface area contributed by atoms with E-state index in [1.54, 1.807) is 0 Å². The van der Waals surface area contributed by atoms with Crippen LogP contribution >= 0.6 is 0 Å². The normalized spacial score (nSPS) is 29.7. The summed E-state index contributed by atoms with van der Waals surface area (Å²) in [5.41, 5.74) is 1.40. The lowest BCUT2D eigenvalue weighted by atomic mass is 9.79. The fourth-order valence-corrected chi connectivity index (χ4v) is 4.37. The lowest BCUT2D eigenvalue weighted by molar-refractivity contribution is -0.297. The number of ether oxygens (including phenoxy) is 4. The molecule has 5 atom stereocenters. The van der Waals surface area contributed by atoms with Crippen molar-refractivity contribution in [2.45, 2.75) is 43.4 Å². The smallest absolute Gasteiger partial charge is 0.187 e. The highest BCUT2D eigenvalue weighted by Crippen LogP contribution is 2.45. The summed E-state index contributed by atoms with van der Waals surface area (Å²) in [6.07, 6.45) is -2.37. The first kappa shape index (κ1) is 20.4. The van der Waals surface area contributed by atoms with Gasteiger partial charge in [-0.1, -0.05) is 91.0 Å². The number of aliphatic hydroxyl groups is 1. The summed E-state index contributed by atoms with van der Waals surface area (Å²) in [5.74, 6) is 0. The fraction of sp³-hybridized carbons (Fsp3) is 0.308. The van der Waals surface area contributed by atoms with Crippen LogP contribution in [0.1, 0.15) is 16.7 Å². The van der Waals surface area contributed by atoms with Gasteiger partial charge in [0.25, 0.3) is 0 Å². The molecule has 2 aliphatic heterocycles. The van der Waals surface area contributed by atoms with E-state index in [0.717, 1.165) is 16.7 Å². The molecular weight excluding hydrogens is 392 g/mol. The maximum absolute atomic E-state index is 12.0. The van der Waals surface area contributed by atoms with Crippen molar-refractivity contribution in [1.29, 1.82) is 0 Å². The highest BCUT2D eigenvalue weighted by Gasteiger charge is 2.61. The zero-order valence-electron chi connectivity index (χ0n) is 17.2. The van der Waals surface area contributed by atoms with Crippen LogP contribution < -0.4 is 0 Å². The summed E-state index contributed by atoms with van der Waals surface area (Å²) in [5, 5.41) is 12.0. The molecule has 2 fully saturated rings. The summed E-state index contributed by atoms with van der Waals surface area (Å²) in [7, 11) is 0. The second-order valence-electron chi connectivity index (χ2n) is 8.00. The molecule has 0 aromatic heterocycles. The molecule has 0 amide bonds. The molecule has 160 valence electrons. The minimum atomic E-state index is -1.40. The molecule has 2 heterocycles. The summed E-state index contributed by atoms with van der Waals surface area (Å²) < 4.78 is 24.6. The van der Waals surface area contributed by atoms with E-state index >= 15 is 0 Å². The average molecular weight is 418 g/mol. The van der Waals surface area contributed by atoms with Crippen LogP contribution in [0.3, 0.4) is 0 Å². The topological polar surface area (TPSA) is 57.2 Å². The standard InChI is InChI=1S/C26H26O5/c27-26(21-14-8-3-9-15-21)22-18-30-25(31-22)23(28-16-19-10-4-1-5-11-19)24(26)29-17-20-12-6-2-7-13-20/h1-15,22-25,27H,16-18H2/t22-,23-,24-,25-,26+/m1/s1. The molecule has 2 aliphatic rings. The van der Waals surface area contributed by atoms with E-state index in [4.69, 9.17) is 18.9 Å². The third-order valence-corrected chi connectivity index (χ3v) is 6.00. The van der Waals surface area contributed by atoms with Crippen LogP contribution in [-0.2, 0) is 37.8 Å². The summed E-state index contributed by atoms with van der Waals surface area (Å²) >= 11 is 0. The van der Waals surface area contributed by atoms with E-state index in [1.807, 2.05) is 91.0 Å². The van der Waals surface area contributed by atoms with Crippen LogP contribution in [0.4, 0.5) is 0 Å². The van der Waals surface area contributed by atoms with Crippen molar-refractivity contribution in [2.75, 3.05) is 6.61 Å². The van der Waals surface area contributed by atoms with Gasteiger partial charge in [-0.05, 0) is 16.7 Å². The largest absolute Gasteiger partial charge is 0.379 e. The van der Waals surface area contributed by atoms with Gasteiger partial charge < -0.3 is 24.1 Å². The Morgan fingerprint density at radius 3 is 1.94 bits per heavy atom. The second-order valence-corrected chi connectivity index (χ2v) is 8.00. The molecule has 2 bridgehead atoms. The molecule has 5 heteroatoms. The molecule has 3 aromatic carbocycles. The molecule has 31 heavy (non-hydrogen) atoms. The Bertz CT molecular complexity index is 965. The van der Waals surface area contributed by atoms with E-state index in [9.17, 15) is 5.11 Å². The van der Waals surface area contributed by atoms with Crippen LogP contribution in [0.2, 0.25) is 0 Å². The fourth-order valence-electron chi connectivity index (χ4n) is 4.37. The van der Waals surface area contributed by atoms with Gasteiger partial charge in [-0.3, -0.25) is 0 Å². The molecular formula is C26H26O5. The molecule has 3 aromatic rings. The maximum Gasteiger partial charge on any atom is 0.187 e. The lowest BCUT2D eigenvalue weighted by Crippen LogP contribution is -2.62. The third kappa shape index (κ3) is 4.03. The van der Waals surface area contributed by atoms with Crippen LogP contribution in [-0.4, -0.2) is 36.3 Å². The van der Waals surface area contributed by atoms with Crippen LogP contribution in [0.25, 0.3) is 0 Å². The first-order valence-electron chi connectivity index (χ1n) is 10.6. The average Bonchev–Trinajstić information content (AvgIpc) is 3.29. The Morgan fingerprint density at radius 1 is 0.774 bits per heavy atom. The first-order chi connectivity index (χ1) is 15.2. The van der Waals surface area contributed by atoms with Gasteiger partial charge in [0.2, 0.25) is 0 Å². The van der Waals surface area contributed by atoms with Crippen molar-refractivity contribution in [1.82, 2.24) is 0 Å². The molecule has 5 nitrogen and oxygen atoms in total. The molecule has 0 aliphatic carbocycles. The second kappa shape index (κ2) is 8.91. The van der Waals surface area contributed by atoms with Gasteiger partial charge in [0, 0.05) is 0 Å². The molecule has 1 N–H and O–H groups in total. The number of hydrogen-bond donors (Lipinski definition) is 1. The van der Waals surface area contributed by atoms with Gasteiger partial charge in [-0.25, -0.2) is 0 Å². The Kier molecular flexibility index (Phi) is 5.85. The Labute approximate surface area is 182 Å². The van der Waals surface area contributed by atoms with Crippen molar-refractivity contribution in [3.8, 4) is 0 Å². The minimum Gasteiger partial charge on any atom is -0.379 e. The Hall–Kier alpha value is -2.54. The predicted molar refractivity (Wildman–Crippen MR) is 115 cm³/mol. The Balaban J connectivity index is 1.46. The molecule has 2 saturated heterocycles. The summed E-state index contributed by atoms with van der Waals surface area (Å²) in [6, 6.07) is 29.4. The van der Waals surface area contributed by atoms with E-state index in [-0.39, 0.29) is 6.61 Å². The monoisotopic (exact) mass is 418 g/mol. The summed E-state index contributed by atoms with van der Waals surface area (Å²) in [6.45, 7) is 1.01. The van der Waals surface area contributed by atoms with E-state index in [2.05, 4.69) is 0 Å². The number of benzene rings is 3. The van der Waals surface area contributed by atoms with Crippen molar-refractivity contribution in [3.05, 3.63) is 108 Å².